The SMILES string of the molecule is COC(=O)c1cc(NCC(C)N2CCCCC2)ccn1. The van der Waals surface area contributed by atoms with E-state index in [0.717, 1.165) is 12.2 Å². The van der Waals surface area contributed by atoms with Gasteiger partial charge in [0.1, 0.15) is 5.69 Å². The number of nitrogens with zero attached hydrogens (tertiary/aromatic N) is 2. The lowest BCUT2D eigenvalue weighted by molar-refractivity contribution is 0.0594. The summed E-state index contributed by atoms with van der Waals surface area (Å²) >= 11 is 0. The molecule has 1 unspecified atom stereocenters. The molecule has 110 valence electrons. The van der Waals surface area contributed by atoms with E-state index in [2.05, 4.69) is 26.9 Å². The summed E-state index contributed by atoms with van der Waals surface area (Å²) in [6.07, 6.45) is 5.57. The van der Waals surface area contributed by atoms with Crippen LogP contribution in [0, 0.1) is 0 Å². The van der Waals surface area contributed by atoms with Crippen molar-refractivity contribution in [1.29, 1.82) is 0 Å². The first-order chi connectivity index (χ1) is 9.70. The van der Waals surface area contributed by atoms with Gasteiger partial charge in [-0.2, -0.15) is 0 Å². The molecule has 0 spiro atoms. The van der Waals surface area contributed by atoms with Crippen LogP contribution in [0.3, 0.4) is 0 Å². The predicted molar refractivity (Wildman–Crippen MR) is 79.0 cm³/mol. The van der Waals surface area contributed by atoms with Gasteiger partial charge >= 0.3 is 5.97 Å². The number of rotatable bonds is 5. The number of hydrogen-bond donors (Lipinski definition) is 1. The minimum Gasteiger partial charge on any atom is -0.464 e. The molecule has 1 atom stereocenters. The fourth-order valence-electron chi connectivity index (χ4n) is 2.51. The third-order valence-electron chi connectivity index (χ3n) is 3.77. The van der Waals surface area contributed by atoms with Gasteiger partial charge in [0, 0.05) is 24.5 Å². The van der Waals surface area contributed by atoms with Crippen molar-refractivity contribution in [3.8, 4) is 0 Å². The third-order valence-corrected chi connectivity index (χ3v) is 3.77. The fourth-order valence-corrected chi connectivity index (χ4v) is 2.51. The van der Waals surface area contributed by atoms with Crippen LogP contribution in [0.25, 0.3) is 0 Å². The Labute approximate surface area is 120 Å². The van der Waals surface area contributed by atoms with Gasteiger partial charge in [0.15, 0.2) is 0 Å². The number of pyridine rings is 1. The smallest absolute Gasteiger partial charge is 0.356 e. The Morgan fingerprint density at radius 3 is 2.90 bits per heavy atom. The van der Waals surface area contributed by atoms with Crippen LogP contribution in [0.15, 0.2) is 18.3 Å². The van der Waals surface area contributed by atoms with Crippen molar-refractivity contribution in [2.75, 3.05) is 32.1 Å². The van der Waals surface area contributed by atoms with Crippen LogP contribution in [0.2, 0.25) is 0 Å². The summed E-state index contributed by atoms with van der Waals surface area (Å²) in [5, 5.41) is 3.37. The second-order valence-corrected chi connectivity index (χ2v) is 5.25. The van der Waals surface area contributed by atoms with Crippen LogP contribution < -0.4 is 5.32 Å². The topological polar surface area (TPSA) is 54.5 Å². The van der Waals surface area contributed by atoms with Gasteiger partial charge in [-0.25, -0.2) is 9.78 Å². The van der Waals surface area contributed by atoms with Gasteiger partial charge in [-0.05, 0) is 45.0 Å². The van der Waals surface area contributed by atoms with Crippen LogP contribution in [-0.2, 0) is 4.74 Å². The Morgan fingerprint density at radius 1 is 1.45 bits per heavy atom. The normalized spacial score (nSPS) is 17.5. The zero-order valence-electron chi connectivity index (χ0n) is 12.3. The van der Waals surface area contributed by atoms with Gasteiger partial charge in [-0.3, -0.25) is 4.90 Å². The highest BCUT2D eigenvalue weighted by Crippen LogP contribution is 2.14. The largest absolute Gasteiger partial charge is 0.464 e. The molecule has 2 heterocycles. The number of carbonyl (C=O) groups is 1. The van der Waals surface area contributed by atoms with Gasteiger partial charge < -0.3 is 10.1 Å². The van der Waals surface area contributed by atoms with Gasteiger partial charge in [-0.15, -0.1) is 0 Å². The van der Waals surface area contributed by atoms with Gasteiger partial charge in [-0.1, -0.05) is 6.42 Å². The molecule has 5 nitrogen and oxygen atoms in total. The van der Waals surface area contributed by atoms with Crippen LogP contribution >= 0.6 is 0 Å². The number of aromatic nitrogens is 1. The molecule has 1 fully saturated rings. The van der Waals surface area contributed by atoms with E-state index >= 15 is 0 Å². The van der Waals surface area contributed by atoms with Crippen molar-refractivity contribution >= 4 is 11.7 Å². The number of ether oxygens (including phenoxy) is 1. The molecule has 5 heteroatoms. The predicted octanol–water partition coefficient (Wildman–Crippen LogP) is 2.15. The van der Waals surface area contributed by atoms with Crippen molar-refractivity contribution < 1.29 is 9.53 Å². The Balaban J connectivity index is 1.88. The maximum atomic E-state index is 11.4. The Kier molecular flexibility index (Phi) is 5.35. The number of piperidine rings is 1. The van der Waals surface area contributed by atoms with Crippen molar-refractivity contribution in [2.45, 2.75) is 32.2 Å². The number of methoxy groups -OCH3 is 1. The summed E-state index contributed by atoms with van der Waals surface area (Å²) in [6, 6.07) is 4.09. The van der Waals surface area contributed by atoms with E-state index in [4.69, 9.17) is 0 Å². The van der Waals surface area contributed by atoms with E-state index in [1.807, 2.05) is 6.07 Å². The Bertz CT molecular complexity index is 444. The minimum atomic E-state index is -0.405. The number of carbonyl (C=O) groups excluding carboxylic acids is 1. The summed E-state index contributed by atoms with van der Waals surface area (Å²) in [4.78, 5) is 17.9. The molecule has 0 amide bonds. The average Bonchev–Trinajstić information content (AvgIpc) is 2.53. The fraction of sp³-hybridized carbons (Fsp3) is 0.600. The number of esters is 1. The number of likely N-dealkylation sites (tertiary alicyclic amines) is 1. The van der Waals surface area contributed by atoms with E-state index < -0.39 is 5.97 Å². The number of hydrogen-bond acceptors (Lipinski definition) is 5. The Morgan fingerprint density at radius 2 is 2.20 bits per heavy atom. The highest BCUT2D eigenvalue weighted by molar-refractivity contribution is 5.88. The molecule has 1 saturated heterocycles. The number of nitrogens with one attached hydrogen (secondary N) is 1. The van der Waals surface area contributed by atoms with Crippen molar-refractivity contribution in [1.82, 2.24) is 9.88 Å². The van der Waals surface area contributed by atoms with Gasteiger partial charge in [0.05, 0.1) is 7.11 Å². The molecular weight excluding hydrogens is 254 g/mol. The molecular formula is C15H23N3O2. The lowest BCUT2D eigenvalue weighted by atomic mass is 10.1. The van der Waals surface area contributed by atoms with E-state index in [-0.39, 0.29) is 0 Å². The van der Waals surface area contributed by atoms with Crippen molar-refractivity contribution in [3.05, 3.63) is 24.0 Å². The second-order valence-electron chi connectivity index (χ2n) is 5.25. The molecule has 1 aromatic heterocycles. The lowest BCUT2D eigenvalue weighted by Gasteiger charge is -2.32. The summed E-state index contributed by atoms with van der Waals surface area (Å²) in [5.41, 5.74) is 1.24. The molecule has 0 aliphatic carbocycles. The van der Waals surface area contributed by atoms with Crippen LogP contribution in [0.1, 0.15) is 36.7 Å². The zero-order chi connectivity index (χ0) is 14.4. The zero-order valence-corrected chi connectivity index (χ0v) is 12.3. The van der Waals surface area contributed by atoms with Gasteiger partial charge in [0.25, 0.3) is 0 Å². The van der Waals surface area contributed by atoms with Gasteiger partial charge in [0.2, 0.25) is 0 Å². The molecule has 0 saturated carbocycles. The lowest BCUT2D eigenvalue weighted by Crippen LogP contribution is -2.41. The third kappa shape index (κ3) is 3.93. The first-order valence-electron chi connectivity index (χ1n) is 7.23. The summed E-state index contributed by atoms with van der Waals surface area (Å²) < 4.78 is 4.67. The summed E-state index contributed by atoms with van der Waals surface area (Å²) in [6.45, 7) is 5.48. The molecule has 0 aromatic carbocycles. The quantitative estimate of drug-likeness (QED) is 0.836. The molecule has 2 rings (SSSR count). The monoisotopic (exact) mass is 277 g/mol. The van der Waals surface area contributed by atoms with E-state index in [9.17, 15) is 4.79 Å². The molecule has 0 radical (unpaired) electrons. The summed E-state index contributed by atoms with van der Waals surface area (Å²) in [5.74, 6) is -0.405. The standard InChI is InChI=1S/C15H23N3O2/c1-12(18-8-4-3-5-9-18)11-17-13-6-7-16-14(10-13)15(19)20-2/h6-7,10,12H,3-5,8-9,11H2,1-2H3,(H,16,17). The molecule has 20 heavy (non-hydrogen) atoms. The molecule has 1 aliphatic rings. The highest BCUT2D eigenvalue weighted by Gasteiger charge is 2.16. The number of anilines is 1. The second kappa shape index (κ2) is 7.24. The van der Waals surface area contributed by atoms with E-state index in [1.54, 1.807) is 12.3 Å². The van der Waals surface area contributed by atoms with Crippen molar-refractivity contribution in [2.24, 2.45) is 0 Å². The first kappa shape index (κ1) is 14.8. The summed E-state index contributed by atoms with van der Waals surface area (Å²) in [7, 11) is 1.36. The highest BCUT2D eigenvalue weighted by atomic mass is 16.5. The van der Waals surface area contributed by atoms with Crippen LogP contribution in [0.5, 0.6) is 0 Å². The average molecular weight is 277 g/mol. The molecule has 1 aliphatic heterocycles. The van der Waals surface area contributed by atoms with E-state index in [1.165, 1.54) is 39.5 Å². The maximum Gasteiger partial charge on any atom is 0.356 e. The first-order valence-corrected chi connectivity index (χ1v) is 7.23. The molecule has 0 bridgehead atoms. The minimum absolute atomic E-state index is 0.336. The van der Waals surface area contributed by atoms with Crippen LogP contribution in [0.4, 0.5) is 5.69 Å². The Hall–Kier alpha value is -1.62. The molecule has 1 N–H and O–H groups in total. The maximum absolute atomic E-state index is 11.4. The van der Waals surface area contributed by atoms with E-state index in [0.29, 0.717) is 11.7 Å². The van der Waals surface area contributed by atoms with Crippen molar-refractivity contribution in [3.63, 3.8) is 0 Å². The molecule has 1 aromatic rings. The van der Waals surface area contributed by atoms with Crippen LogP contribution in [-0.4, -0.2) is 48.6 Å².